The monoisotopic (exact) mass is 490 g/mol. The van der Waals surface area contributed by atoms with E-state index in [4.69, 9.17) is 28.4 Å². The zero-order valence-electron chi connectivity index (χ0n) is 22.2. The van der Waals surface area contributed by atoms with Crippen molar-refractivity contribution in [1.82, 2.24) is 0 Å². The molecule has 0 spiro atoms. The van der Waals surface area contributed by atoms with Crippen LogP contribution in [0.25, 0.3) is 24.3 Å². The first kappa shape index (κ1) is 26.5. The molecule has 0 unspecified atom stereocenters. The number of ether oxygens (including phenoxy) is 6. The van der Waals surface area contributed by atoms with Crippen LogP contribution in [-0.4, -0.2) is 42.7 Å². The Morgan fingerprint density at radius 1 is 0.417 bits per heavy atom. The van der Waals surface area contributed by atoms with Crippen LogP contribution < -0.4 is 28.4 Å². The molecule has 0 N–H and O–H groups in total. The van der Waals surface area contributed by atoms with E-state index in [1.165, 1.54) is 0 Å². The van der Waals surface area contributed by atoms with Crippen LogP contribution in [0.2, 0.25) is 0 Å². The highest BCUT2D eigenvalue weighted by atomic mass is 16.5. The summed E-state index contributed by atoms with van der Waals surface area (Å²) in [6.45, 7) is 4.20. The Hall–Kier alpha value is -4.06. The molecule has 0 saturated carbocycles. The number of aryl methyl sites for hydroxylation is 2. The van der Waals surface area contributed by atoms with Gasteiger partial charge in [0.1, 0.15) is 0 Å². The summed E-state index contributed by atoms with van der Waals surface area (Å²) in [7, 11) is 9.65. The van der Waals surface area contributed by atoms with Crippen LogP contribution in [0.3, 0.4) is 0 Å². The first-order valence-corrected chi connectivity index (χ1v) is 11.5. The lowest BCUT2D eigenvalue weighted by molar-refractivity contribution is 0.324. The van der Waals surface area contributed by atoms with Crippen molar-refractivity contribution in [2.75, 3.05) is 42.7 Å². The zero-order valence-corrected chi connectivity index (χ0v) is 22.2. The van der Waals surface area contributed by atoms with Crippen LogP contribution in [-0.2, 0) is 0 Å². The zero-order chi connectivity index (χ0) is 26.2. The van der Waals surface area contributed by atoms with Gasteiger partial charge in [0.2, 0.25) is 11.5 Å². The molecule has 0 aliphatic rings. The normalized spacial score (nSPS) is 11.1. The number of benzene rings is 3. The van der Waals surface area contributed by atoms with E-state index in [-0.39, 0.29) is 0 Å². The molecule has 0 aromatic heterocycles. The molecule has 36 heavy (non-hydrogen) atoms. The number of hydrogen-bond acceptors (Lipinski definition) is 6. The second-order valence-electron chi connectivity index (χ2n) is 8.15. The average molecular weight is 491 g/mol. The number of methoxy groups -OCH3 is 6. The maximum Gasteiger partial charge on any atom is 0.203 e. The predicted octanol–water partition coefficient (Wildman–Crippen LogP) is 6.70. The summed E-state index contributed by atoms with van der Waals surface area (Å²) in [5.74, 6) is 3.64. The minimum absolute atomic E-state index is 0.576. The molecule has 0 aliphatic carbocycles. The summed E-state index contributed by atoms with van der Waals surface area (Å²) in [6, 6.07) is 12.1. The van der Waals surface area contributed by atoms with Gasteiger partial charge in [-0.15, -0.1) is 0 Å². The molecule has 6 heteroatoms. The fourth-order valence-corrected chi connectivity index (χ4v) is 3.99. The van der Waals surface area contributed by atoms with E-state index in [1.807, 2.05) is 36.4 Å². The van der Waals surface area contributed by atoms with Gasteiger partial charge in [0.15, 0.2) is 23.0 Å². The molecule has 3 aromatic rings. The fraction of sp³-hybridized carbons (Fsp3) is 0.267. The molecule has 6 nitrogen and oxygen atoms in total. The highest BCUT2D eigenvalue weighted by Gasteiger charge is 2.13. The molecule has 190 valence electrons. The Kier molecular flexibility index (Phi) is 8.90. The van der Waals surface area contributed by atoms with Gasteiger partial charge in [0, 0.05) is 0 Å². The van der Waals surface area contributed by atoms with Crippen LogP contribution in [0.4, 0.5) is 0 Å². The maximum absolute atomic E-state index is 5.47. The molecule has 0 saturated heterocycles. The van der Waals surface area contributed by atoms with Gasteiger partial charge in [-0.3, -0.25) is 0 Å². The summed E-state index contributed by atoms with van der Waals surface area (Å²) in [6.07, 6.45) is 8.26. The largest absolute Gasteiger partial charge is 0.493 e. The molecule has 0 fully saturated rings. The molecule has 0 bridgehead atoms. The van der Waals surface area contributed by atoms with E-state index in [0.29, 0.717) is 34.5 Å². The van der Waals surface area contributed by atoms with Crippen molar-refractivity contribution in [3.05, 3.63) is 69.8 Å². The van der Waals surface area contributed by atoms with E-state index in [1.54, 1.807) is 42.7 Å². The third-order valence-electron chi connectivity index (χ3n) is 5.94. The highest BCUT2D eigenvalue weighted by molar-refractivity contribution is 5.78. The molecule has 0 aliphatic heterocycles. The standard InChI is InChI=1S/C30H34O6/c1-19-13-24(12-10-22-17-27(33-5)30(36-8)28(18-22)34-6)20(2)14-23(19)11-9-21-15-25(31-3)29(35-7)26(16-21)32-4/h9-18H,1-8H3. The molecule has 3 rings (SSSR count). The van der Waals surface area contributed by atoms with Gasteiger partial charge in [-0.2, -0.15) is 0 Å². The molecule has 0 atom stereocenters. The van der Waals surface area contributed by atoms with Crippen molar-refractivity contribution in [2.24, 2.45) is 0 Å². The minimum Gasteiger partial charge on any atom is -0.493 e. The van der Waals surface area contributed by atoms with Crippen molar-refractivity contribution in [3.8, 4) is 34.5 Å². The molecular weight excluding hydrogens is 456 g/mol. The third-order valence-corrected chi connectivity index (χ3v) is 5.94. The van der Waals surface area contributed by atoms with Crippen molar-refractivity contribution < 1.29 is 28.4 Å². The quantitative estimate of drug-likeness (QED) is 0.295. The van der Waals surface area contributed by atoms with Gasteiger partial charge in [0.25, 0.3) is 0 Å². The van der Waals surface area contributed by atoms with E-state index >= 15 is 0 Å². The second kappa shape index (κ2) is 12.1. The van der Waals surface area contributed by atoms with Crippen LogP contribution in [0.15, 0.2) is 36.4 Å². The fourth-order valence-electron chi connectivity index (χ4n) is 3.99. The molecule has 0 radical (unpaired) electrons. The first-order valence-electron chi connectivity index (χ1n) is 11.5. The summed E-state index contributed by atoms with van der Waals surface area (Å²) in [5, 5.41) is 0. The Morgan fingerprint density at radius 3 is 0.972 bits per heavy atom. The molecular formula is C30H34O6. The van der Waals surface area contributed by atoms with Crippen molar-refractivity contribution >= 4 is 24.3 Å². The van der Waals surface area contributed by atoms with Gasteiger partial charge in [0.05, 0.1) is 42.7 Å². The number of hydrogen-bond donors (Lipinski definition) is 0. The Labute approximate surface area is 213 Å². The lowest BCUT2D eigenvalue weighted by Crippen LogP contribution is -1.95. The summed E-state index contributed by atoms with van der Waals surface area (Å²) < 4.78 is 32.7. The summed E-state index contributed by atoms with van der Waals surface area (Å²) >= 11 is 0. The van der Waals surface area contributed by atoms with Crippen molar-refractivity contribution in [2.45, 2.75) is 13.8 Å². The van der Waals surface area contributed by atoms with Crippen LogP contribution >= 0.6 is 0 Å². The highest BCUT2D eigenvalue weighted by Crippen LogP contribution is 2.40. The topological polar surface area (TPSA) is 55.4 Å². The van der Waals surface area contributed by atoms with E-state index in [2.05, 4.69) is 38.1 Å². The van der Waals surface area contributed by atoms with Gasteiger partial charge in [-0.25, -0.2) is 0 Å². The Morgan fingerprint density at radius 2 is 0.722 bits per heavy atom. The van der Waals surface area contributed by atoms with Gasteiger partial charge < -0.3 is 28.4 Å². The summed E-state index contributed by atoms with van der Waals surface area (Å²) in [5.41, 5.74) is 6.49. The lowest BCUT2D eigenvalue weighted by Gasteiger charge is -2.13. The Bertz CT molecular complexity index is 1120. The Balaban J connectivity index is 1.90. The van der Waals surface area contributed by atoms with Crippen molar-refractivity contribution in [1.29, 1.82) is 0 Å². The molecule has 0 amide bonds. The van der Waals surface area contributed by atoms with Crippen molar-refractivity contribution in [3.63, 3.8) is 0 Å². The molecule has 3 aromatic carbocycles. The van der Waals surface area contributed by atoms with E-state index in [0.717, 1.165) is 33.4 Å². The smallest absolute Gasteiger partial charge is 0.203 e. The van der Waals surface area contributed by atoms with Gasteiger partial charge >= 0.3 is 0 Å². The average Bonchev–Trinajstić information content (AvgIpc) is 2.90. The SMILES string of the molecule is COc1cc(C=Cc2cc(C)c(C=Cc3cc(OC)c(OC)c(OC)c3)cc2C)cc(OC)c1OC. The van der Waals surface area contributed by atoms with E-state index in [9.17, 15) is 0 Å². The first-order chi connectivity index (χ1) is 17.4. The number of rotatable bonds is 10. The van der Waals surface area contributed by atoms with Crippen LogP contribution in [0.5, 0.6) is 34.5 Å². The van der Waals surface area contributed by atoms with Crippen LogP contribution in [0, 0.1) is 13.8 Å². The molecule has 0 heterocycles. The predicted molar refractivity (Wildman–Crippen MR) is 146 cm³/mol. The van der Waals surface area contributed by atoms with Crippen LogP contribution in [0.1, 0.15) is 33.4 Å². The lowest BCUT2D eigenvalue weighted by atomic mass is 9.98. The van der Waals surface area contributed by atoms with Gasteiger partial charge in [-0.05, 0) is 71.5 Å². The van der Waals surface area contributed by atoms with Gasteiger partial charge in [-0.1, -0.05) is 36.4 Å². The third kappa shape index (κ3) is 5.77. The summed E-state index contributed by atoms with van der Waals surface area (Å²) in [4.78, 5) is 0. The second-order valence-corrected chi connectivity index (χ2v) is 8.15. The van der Waals surface area contributed by atoms with E-state index < -0.39 is 0 Å². The maximum atomic E-state index is 5.47. The minimum atomic E-state index is 0.576.